The van der Waals surface area contributed by atoms with Crippen molar-refractivity contribution in [3.63, 3.8) is 0 Å². The Balaban J connectivity index is 2.77. The zero-order valence-electron chi connectivity index (χ0n) is 11.5. The molecule has 17 heavy (non-hydrogen) atoms. The molecule has 98 valence electrons. The lowest BCUT2D eigenvalue weighted by Gasteiger charge is -2.43. The maximum Gasteiger partial charge on any atom is 0.0797 e. The van der Waals surface area contributed by atoms with Gasteiger partial charge in [-0.25, -0.2) is 0 Å². The van der Waals surface area contributed by atoms with Crippen LogP contribution in [0.25, 0.3) is 0 Å². The fourth-order valence-corrected chi connectivity index (χ4v) is 3.18. The van der Waals surface area contributed by atoms with Crippen molar-refractivity contribution >= 4 is 15.9 Å². The molecule has 0 aromatic carbocycles. The van der Waals surface area contributed by atoms with Crippen molar-refractivity contribution in [2.24, 2.45) is 11.3 Å². The number of halogens is 1. The number of allylic oxidation sites excluding steroid dienone is 2. The second-order valence-corrected chi connectivity index (χ2v) is 7.23. The first kappa shape index (κ1) is 15.0. The molecule has 1 aliphatic carbocycles. The molecular formula is C15H25BrO. The summed E-state index contributed by atoms with van der Waals surface area (Å²) in [6.07, 6.45) is 6.87. The molecule has 0 spiro atoms. The van der Waals surface area contributed by atoms with Gasteiger partial charge in [-0.05, 0) is 44.4 Å². The Labute approximate surface area is 114 Å². The van der Waals surface area contributed by atoms with Crippen LogP contribution < -0.4 is 0 Å². The Hall–Kier alpha value is -0.0800. The van der Waals surface area contributed by atoms with E-state index >= 15 is 0 Å². The van der Waals surface area contributed by atoms with Crippen LogP contribution in [-0.4, -0.2) is 15.5 Å². The molecule has 0 fully saturated rings. The molecule has 0 saturated carbocycles. The summed E-state index contributed by atoms with van der Waals surface area (Å²) in [5.74, 6) is 0.534. The highest BCUT2D eigenvalue weighted by atomic mass is 79.9. The number of aliphatic hydroxyl groups is 1. The first-order chi connectivity index (χ1) is 7.70. The number of hydrogen-bond acceptors (Lipinski definition) is 1. The summed E-state index contributed by atoms with van der Waals surface area (Å²) in [5, 5.41) is 10.0. The minimum atomic E-state index is -0.740. The summed E-state index contributed by atoms with van der Waals surface area (Å²) in [5.41, 5.74) is 0.969. The third-order valence-electron chi connectivity index (χ3n) is 4.28. The Bertz CT molecular complexity index is 315. The molecule has 0 aromatic heterocycles. The number of hydrogen-bond donors (Lipinski definition) is 1. The minimum Gasteiger partial charge on any atom is -0.386 e. The van der Waals surface area contributed by atoms with Gasteiger partial charge < -0.3 is 5.11 Å². The fourth-order valence-electron chi connectivity index (χ4n) is 2.68. The van der Waals surface area contributed by atoms with Crippen LogP contribution in [0.1, 0.15) is 47.0 Å². The van der Waals surface area contributed by atoms with Crippen LogP contribution in [0.3, 0.4) is 0 Å². The summed E-state index contributed by atoms with van der Waals surface area (Å²) in [6, 6.07) is 0. The van der Waals surface area contributed by atoms with Crippen molar-refractivity contribution in [1.29, 1.82) is 0 Å². The fraction of sp³-hybridized carbons (Fsp3) is 0.733. The van der Waals surface area contributed by atoms with E-state index in [1.807, 2.05) is 6.92 Å². The first-order valence-electron chi connectivity index (χ1n) is 6.37. The smallest absolute Gasteiger partial charge is 0.0797 e. The molecule has 1 rings (SSSR count). The zero-order valence-corrected chi connectivity index (χ0v) is 13.0. The van der Waals surface area contributed by atoms with Crippen molar-refractivity contribution < 1.29 is 5.11 Å². The Morgan fingerprint density at radius 2 is 2.24 bits per heavy atom. The lowest BCUT2D eigenvalue weighted by molar-refractivity contribution is 0.0839. The summed E-state index contributed by atoms with van der Waals surface area (Å²) in [6.45, 7) is 12.4. The summed E-state index contributed by atoms with van der Waals surface area (Å²) >= 11 is 3.79. The van der Waals surface area contributed by atoms with Gasteiger partial charge in [0.05, 0.1) is 5.60 Å². The monoisotopic (exact) mass is 300 g/mol. The molecule has 2 heteroatoms. The van der Waals surface area contributed by atoms with Crippen molar-refractivity contribution in [3.8, 4) is 0 Å². The highest BCUT2D eigenvalue weighted by Gasteiger charge is 2.39. The second-order valence-electron chi connectivity index (χ2n) is 6.13. The van der Waals surface area contributed by atoms with Crippen LogP contribution in [0, 0.1) is 11.3 Å². The quantitative estimate of drug-likeness (QED) is 0.600. The molecule has 0 heterocycles. The lowest BCUT2D eigenvalue weighted by Crippen LogP contribution is -2.37. The molecule has 0 amide bonds. The molecule has 0 saturated heterocycles. The normalized spacial score (nSPS) is 31.5. The molecule has 0 bridgehead atoms. The Kier molecular flexibility index (Phi) is 4.65. The minimum absolute atomic E-state index is 0.246. The lowest BCUT2D eigenvalue weighted by atomic mass is 9.66. The van der Waals surface area contributed by atoms with E-state index in [0.717, 1.165) is 19.3 Å². The number of rotatable bonds is 4. The molecule has 0 aliphatic heterocycles. The second kappa shape index (κ2) is 5.27. The largest absolute Gasteiger partial charge is 0.386 e. The molecule has 0 aromatic rings. The van der Waals surface area contributed by atoms with E-state index in [0.29, 0.717) is 10.7 Å². The predicted molar refractivity (Wildman–Crippen MR) is 78.4 cm³/mol. The average molecular weight is 301 g/mol. The third kappa shape index (κ3) is 3.45. The van der Waals surface area contributed by atoms with Crippen LogP contribution in [0.2, 0.25) is 0 Å². The van der Waals surface area contributed by atoms with Crippen molar-refractivity contribution in [1.82, 2.24) is 0 Å². The van der Waals surface area contributed by atoms with Gasteiger partial charge in [-0.2, -0.15) is 0 Å². The average Bonchev–Trinajstić information content (AvgIpc) is 2.23. The molecule has 0 unspecified atom stereocenters. The van der Waals surface area contributed by atoms with Crippen molar-refractivity contribution in [2.75, 3.05) is 0 Å². The van der Waals surface area contributed by atoms with Crippen molar-refractivity contribution in [2.45, 2.75) is 57.4 Å². The zero-order chi connectivity index (χ0) is 13.3. The molecule has 1 aliphatic rings. The van der Waals surface area contributed by atoms with Crippen LogP contribution >= 0.6 is 15.9 Å². The van der Waals surface area contributed by atoms with Crippen LogP contribution in [0.4, 0.5) is 0 Å². The molecule has 3 atom stereocenters. The summed E-state index contributed by atoms with van der Waals surface area (Å²) < 4.78 is 0. The maximum atomic E-state index is 10.0. The van der Waals surface area contributed by atoms with E-state index in [-0.39, 0.29) is 5.41 Å². The first-order valence-corrected chi connectivity index (χ1v) is 7.29. The van der Waals surface area contributed by atoms with Gasteiger partial charge in [-0.15, -0.1) is 6.58 Å². The van der Waals surface area contributed by atoms with Gasteiger partial charge in [0.1, 0.15) is 0 Å². The van der Waals surface area contributed by atoms with Crippen molar-refractivity contribution in [3.05, 3.63) is 24.3 Å². The van der Waals surface area contributed by atoms with E-state index in [2.05, 4.69) is 49.4 Å². The molecule has 1 N–H and O–H groups in total. The van der Waals surface area contributed by atoms with Gasteiger partial charge >= 0.3 is 0 Å². The molecule has 0 radical (unpaired) electrons. The Morgan fingerprint density at radius 1 is 1.65 bits per heavy atom. The van der Waals surface area contributed by atoms with Gasteiger partial charge in [0, 0.05) is 4.83 Å². The van der Waals surface area contributed by atoms with E-state index < -0.39 is 5.60 Å². The topological polar surface area (TPSA) is 20.2 Å². The summed E-state index contributed by atoms with van der Waals surface area (Å²) in [4.78, 5) is 0.525. The van der Waals surface area contributed by atoms with Gasteiger partial charge in [0.25, 0.3) is 0 Å². The predicted octanol–water partition coefficient (Wildman–Crippen LogP) is 4.46. The van der Waals surface area contributed by atoms with Gasteiger partial charge in [0.15, 0.2) is 0 Å². The van der Waals surface area contributed by atoms with E-state index in [1.54, 1.807) is 6.08 Å². The van der Waals surface area contributed by atoms with E-state index in [9.17, 15) is 5.11 Å². The van der Waals surface area contributed by atoms with Crippen LogP contribution in [-0.2, 0) is 0 Å². The standard InChI is InChI=1S/C15H25BrO/c1-6-15(5,17)10-9-12-11(2)7-8-13(16)14(12,3)4/h6-7,12-13,17H,1,8-10H2,2-5H3/t12-,13-,15+/m0/s1. The Morgan fingerprint density at radius 3 is 2.76 bits per heavy atom. The van der Waals surface area contributed by atoms with E-state index in [1.165, 1.54) is 5.57 Å². The molecular weight excluding hydrogens is 276 g/mol. The van der Waals surface area contributed by atoms with Gasteiger partial charge in [0.2, 0.25) is 0 Å². The highest BCUT2D eigenvalue weighted by molar-refractivity contribution is 9.09. The summed E-state index contributed by atoms with van der Waals surface area (Å²) in [7, 11) is 0. The van der Waals surface area contributed by atoms with Gasteiger partial charge in [-0.3, -0.25) is 0 Å². The third-order valence-corrected chi connectivity index (χ3v) is 5.83. The highest BCUT2D eigenvalue weighted by Crippen LogP contribution is 2.47. The van der Waals surface area contributed by atoms with E-state index in [4.69, 9.17) is 0 Å². The maximum absolute atomic E-state index is 10.0. The molecule has 1 nitrogen and oxygen atoms in total. The van der Waals surface area contributed by atoms with Crippen LogP contribution in [0.15, 0.2) is 24.3 Å². The SMILES string of the molecule is C=C[C@@](C)(O)CC[C@H]1C(C)=CC[C@H](Br)C1(C)C. The number of alkyl halides is 1. The van der Waals surface area contributed by atoms with Crippen LogP contribution in [0.5, 0.6) is 0 Å². The van der Waals surface area contributed by atoms with Gasteiger partial charge in [-0.1, -0.05) is 47.5 Å².